The highest BCUT2D eigenvalue weighted by Crippen LogP contribution is 2.14. The summed E-state index contributed by atoms with van der Waals surface area (Å²) in [4.78, 5) is 15.4. The van der Waals surface area contributed by atoms with Crippen LogP contribution in [0.25, 0.3) is 11.0 Å². The molecule has 0 unspecified atom stereocenters. The van der Waals surface area contributed by atoms with Crippen LogP contribution in [-0.4, -0.2) is 27.7 Å². The number of pyridine rings is 1. The lowest BCUT2D eigenvalue weighted by molar-refractivity contribution is -0.121. The lowest BCUT2D eigenvalue weighted by Crippen LogP contribution is -2.24. The molecule has 0 radical (unpaired) electrons. The number of aryl methyl sites for hydroxylation is 1. The average molecular weight is 204 g/mol. The van der Waals surface area contributed by atoms with Crippen LogP contribution in [0.4, 0.5) is 0 Å². The van der Waals surface area contributed by atoms with E-state index in [1.807, 2.05) is 19.1 Å². The molecule has 0 aliphatic heterocycles. The minimum Gasteiger partial charge on any atom is -0.358 e. The van der Waals surface area contributed by atoms with E-state index in [0.29, 0.717) is 0 Å². The Bertz CT molecular complexity index is 503. The maximum atomic E-state index is 11.2. The Morgan fingerprint density at radius 3 is 3.13 bits per heavy atom. The molecule has 0 aliphatic rings. The second-order valence-electron chi connectivity index (χ2n) is 3.29. The number of hydrogen-bond acceptors (Lipinski definition) is 3. The van der Waals surface area contributed by atoms with Crippen molar-refractivity contribution in [3.63, 3.8) is 0 Å². The van der Waals surface area contributed by atoms with Crippen LogP contribution in [0.3, 0.4) is 0 Å². The normalized spacial score (nSPS) is 10.5. The molecule has 2 rings (SSSR count). The Morgan fingerprint density at radius 2 is 2.40 bits per heavy atom. The lowest BCUT2D eigenvalue weighted by atomic mass is 10.3. The zero-order chi connectivity index (χ0) is 10.8. The molecule has 0 saturated heterocycles. The second-order valence-corrected chi connectivity index (χ2v) is 3.29. The quantitative estimate of drug-likeness (QED) is 0.774. The van der Waals surface area contributed by atoms with E-state index in [1.165, 1.54) is 0 Å². The molecule has 5 heteroatoms. The standard InChI is InChI=1S/C10H12N4O/c1-7-8-4-3-5-12-10(8)14(13-7)6-9(15)11-2/h3-5H,6H2,1-2H3,(H,11,15). The van der Waals surface area contributed by atoms with E-state index < -0.39 is 0 Å². The summed E-state index contributed by atoms with van der Waals surface area (Å²) in [7, 11) is 1.61. The van der Waals surface area contributed by atoms with Gasteiger partial charge < -0.3 is 5.32 Å². The lowest BCUT2D eigenvalue weighted by Gasteiger charge is -2.00. The summed E-state index contributed by atoms with van der Waals surface area (Å²) < 4.78 is 1.61. The maximum Gasteiger partial charge on any atom is 0.241 e. The van der Waals surface area contributed by atoms with E-state index in [2.05, 4.69) is 15.4 Å². The Morgan fingerprint density at radius 1 is 1.60 bits per heavy atom. The van der Waals surface area contributed by atoms with Gasteiger partial charge in [-0.15, -0.1) is 0 Å². The van der Waals surface area contributed by atoms with Crippen molar-refractivity contribution in [3.8, 4) is 0 Å². The predicted molar refractivity (Wildman–Crippen MR) is 56.3 cm³/mol. The third-order valence-corrected chi connectivity index (χ3v) is 2.26. The molecule has 2 heterocycles. The first-order valence-electron chi connectivity index (χ1n) is 4.71. The van der Waals surface area contributed by atoms with Crippen molar-refractivity contribution in [1.29, 1.82) is 0 Å². The van der Waals surface area contributed by atoms with Gasteiger partial charge in [-0.05, 0) is 19.1 Å². The largest absolute Gasteiger partial charge is 0.358 e. The van der Waals surface area contributed by atoms with Gasteiger partial charge in [-0.3, -0.25) is 4.79 Å². The van der Waals surface area contributed by atoms with Gasteiger partial charge in [0.05, 0.1) is 5.69 Å². The van der Waals surface area contributed by atoms with E-state index in [0.717, 1.165) is 16.7 Å². The molecule has 0 aromatic carbocycles. The number of carbonyl (C=O) groups is 1. The van der Waals surface area contributed by atoms with Crippen LogP contribution in [0.15, 0.2) is 18.3 Å². The molecule has 15 heavy (non-hydrogen) atoms. The van der Waals surface area contributed by atoms with Gasteiger partial charge in [-0.2, -0.15) is 5.10 Å². The predicted octanol–water partition coefficient (Wildman–Crippen LogP) is 0.486. The number of likely N-dealkylation sites (N-methyl/N-ethyl adjacent to an activating group) is 1. The minimum absolute atomic E-state index is 0.0787. The molecule has 0 saturated carbocycles. The molecule has 0 spiro atoms. The summed E-state index contributed by atoms with van der Waals surface area (Å²) in [5, 5.41) is 7.82. The van der Waals surface area contributed by atoms with Crippen molar-refractivity contribution in [2.45, 2.75) is 13.5 Å². The smallest absolute Gasteiger partial charge is 0.241 e. The monoisotopic (exact) mass is 204 g/mol. The van der Waals surface area contributed by atoms with E-state index in [1.54, 1.807) is 17.9 Å². The van der Waals surface area contributed by atoms with Crippen LogP contribution >= 0.6 is 0 Å². The van der Waals surface area contributed by atoms with Crippen molar-refractivity contribution in [2.75, 3.05) is 7.05 Å². The molecule has 2 aromatic heterocycles. The van der Waals surface area contributed by atoms with Crippen LogP contribution in [0, 0.1) is 6.92 Å². The van der Waals surface area contributed by atoms with Gasteiger partial charge in [0, 0.05) is 18.6 Å². The van der Waals surface area contributed by atoms with E-state index in [9.17, 15) is 4.79 Å². The van der Waals surface area contributed by atoms with Crippen LogP contribution in [-0.2, 0) is 11.3 Å². The summed E-state index contributed by atoms with van der Waals surface area (Å²) in [5.41, 5.74) is 1.64. The Balaban J connectivity index is 2.48. The fourth-order valence-electron chi connectivity index (χ4n) is 1.49. The summed E-state index contributed by atoms with van der Waals surface area (Å²) >= 11 is 0. The minimum atomic E-state index is -0.0787. The average Bonchev–Trinajstić information content (AvgIpc) is 2.57. The number of nitrogens with one attached hydrogen (secondary N) is 1. The number of nitrogens with zero attached hydrogens (tertiary/aromatic N) is 3. The van der Waals surface area contributed by atoms with Crippen molar-refractivity contribution in [3.05, 3.63) is 24.0 Å². The molecular formula is C10H12N4O. The van der Waals surface area contributed by atoms with Crippen molar-refractivity contribution < 1.29 is 4.79 Å². The van der Waals surface area contributed by atoms with Gasteiger partial charge in [0.1, 0.15) is 6.54 Å². The number of fused-ring (bicyclic) bond motifs is 1. The van der Waals surface area contributed by atoms with Gasteiger partial charge in [0.15, 0.2) is 5.65 Å². The number of amides is 1. The van der Waals surface area contributed by atoms with Crippen LogP contribution < -0.4 is 5.32 Å². The van der Waals surface area contributed by atoms with E-state index >= 15 is 0 Å². The van der Waals surface area contributed by atoms with E-state index in [-0.39, 0.29) is 12.5 Å². The Hall–Kier alpha value is -1.91. The number of rotatable bonds is 2. The molecule has 0 atom stereocenters. The first kappa shape index (κ1) is 9.64. The molecule has 78 valence electrons. The maximum absolute atomic E-state index is 11.2. The van der Waals surface area contributed by atoms with Gasteiger partial charge in [-0.25, -0.2) is 9.67 Å². The second kappa shape index (κ2) is 3.68. The summed E-state index contributed by atoms with van der Waals surface area (Å²) in [6.07, 6.45) is 1.70. The topological polar surface area (TPSA) is 59.8 Å². The SMILES string of the molecule is CNC(=O)Cn1nc(C)c2cccnc21. The van der Waals surface area contributed by atoms with Gasteiger partial charge in [-0.1, -0.05) is 0 Å². The van der Waals surface area contributed by atoms with Crippen LogP contribution in [0.1, 0.15) is 5.69 Å². The molecule has 0 aliphatic carbocycles. The highest BCUT2D eigenvalue weighted by Gasteiger charge is 2.09. The molecule has 1 N–H and O–H groups in total. The summed E-state index contributed by atoms with van der Waals surface area (Å²) in [5.74, 6) is -0.0787. The van der Waals surface area contributed by atoms with Gasteiger partial charge >= 0.3 is 0 Å². The third kappa shape index (κ3) is 1.68. The molecule has 1 amide bonds. The highest BCUT2D eigenvalue weighted by atomic mass is 16.1. The molecule has 0 bridgehead atoms. The Labute approximate surface area is 87.1 Å². The molecule has 2 aromatic rings. The van der Waals surface area contributed by atoms with Crippen molar-refractivity contribution in [1.82, 2.24) is 20.1 Å². The van der Waals surface area contributed by atoms with Crippen molar-refractivity contribution >= 4 is 16.9 Å². The summed E-state index contributed by atoms with van der Waals surface area (Å²) in [6, 6.07) is 3.81. The van der Waals surface area contributed by atoms with E-state index in [4.69, 9.17) is 0 Å². The molecule has 0 fully saturated rings. The Kier molecular flexibility index (Phi) is 2.37. The first-order valence-corrected chi connectivity index (χ1v) is 4.71. The zero-order valence-corrected chi connectivity index (χ0v) is 8.69. The zero-order valence-electron chi connectivity index (χ0n) is 8.69. The molecular weight excluding hydrogens is 192 g/mol. The highest BCUT2D eigenvalue weighted by molar-refractivity contribution is 5.81. The number of carbonyl (C=O) groups excluding carboxylic acids is 1. The molecule has 5 nitrogen and oxygen atoms in total. The van der Waals surface area contributed by atoms with Crippen molar-refractivity contribution in [2.24, 2.45) is 0 Å². The van der Waals surface area contributed by atoms with Crippen LogP contribution in [0.5, 0.6) is 0 Å². The van der Waals surface area contributed by atoms with Gasteiger partial charge in [0.2, 0.25) is 5.91 Å². The number of aromatic nitrogens is 3. The third-order valence-electron chi connectivity index (χ3n) is 2.26. The first-order chi connectivity index (χ1) is 7.22. The summed E-state index contributed by atoms with van der Waals surface area (Å²) in [6.45, 7) is 2.11. The van der Waals surface area contributed by atoms with Crippen LogP contribution in [0.2, 0.25) is 0 Å². The fraction of sp³-hybridized carbons (Fsp3) is 0.300. The van der Waals surface area contributed by atoms with Gasteiger partial charge in [0.25, 0.3) is 0 Å². The fourth-order valence-corrected chi connectivity index (χ4v) is 1.49. The number of hydrogen-bond donors (Lipinski definition) is 1.